The molecule has 27 heavy (non-hydrogen) atoms. The van der Waals surface area contributed by atoms with Crippen LogP contribution in [0.1, 0.15) is 25.3 Å². The van der Waals surface area contributed by atoms with Crippen LogP contribution in [0, 0.1) is 0 Å². The molecule has 0 radical (unpaired) electrons. The van der Waals surface area contributed by atoms with Gasteiger partial charge >= 0.3 is 6.18 Å². The Labute approximate surface area is 164 Å². The summed E-state index contributed by atoms with van der Waals surface area (Å²) in [6.07, 6.45) is -1.68. The first kappa shape index (κ1) is 18.8. The summed E-state index contributed by atoms with van der Waals surface area (Å²) in [6.45, 7) is 1.35. The van der Waals surface area contributed by atoms with E-state index in [9.17, 15) is 13.2 Å². The number of likely N-dealkylation sites (tertiary alicyclic amines) is 1. The fraction of sp³-hybridized carbons (Fsp3) is 0.421. The SMILES string of the molecule is FC(F)(F)CCN1CCC(n2c3ccc(Cl)cc3c3cc(Cl)cnc32)CC1. The highest BCUT2D eigenvalue weighted by Gasteiger charge is 2.30. The Balaban J connectivity index is 1.64. The van der Waals surface area contributed by atoms with Crippen molar-refractivity contribution in [1.82, 2.24) is 14.5 Å². The van der Waals surface area contributed by atoms with E-state index >= 15 is 0 Å². The lowest BCUT2D eigenvalue weighted by molar-refractivity contribution is -0.138. The Kier molecular flexibility index (Phi) is 4.99. The Hall–Kier alpha value is -1.50. The molecule has 1 aromatic carbocycles. The molecule has 0 aliphatic carbocycles. The van der Waals surface area contributed by atoms with Crippen LogP contribution < -0.4 is 0 Å². The zero-order valence-electron chi connectivity index (χ0n) is 14.4. The molecule has 0 saturated carbocycles. The number of rotatable bonds is 3. The van der Waals surface area contributed by atoms with Crippen molar-refractivity contribution in [2.24, 2.45) is 0 Å². The maximum atomic E-state index is 12.5. The zero-order valence-corrected chi connectivity index (χ0v) is 16.0. The summed E-state index contributed by atoms with van der Waals surface area (Å²) >= 11 is 12.3. The number of halogens is 5. The molecule has 3 aromatic rings. The highest BCUT2D eigenvalue weighted by Crippen LogP contribution is 2.36. The van der Waals surface area contributed by atoms with Crippen LogP contribution in [-0.2, 0) is 0 Å². The highest BCUT2D eigenvalue weighted by molar-refractivity contribution is 6.33. The molecule has 0 N–H and O–H groups in total. The summed E-state index contributed by atoms with van der Waals surface area (Å²) in [4.78, 5) is 6.42. The van der Waals surface area contributed by atoms with Gasteiger partial charge < -0.3 is 9.47 Å². The quantitative estimate of drug-likeness (QED) is 0.516. The van der Waals surface area contributed by atoms with E-state index in [0.717, 1.165) is 34.8 Å². The lowest BCUT2D eigenvalue weighted by Crippen LogP contribution is -2.36. The van der Waals surface area contributed by atoms with Gasteiger partial charge in [-0.1, -0.05) is 23.2 Å². The second-order valence-corrected chi connectivity index (χ2v) is 7.87. The number of hydrogen-bond donors (Lipinski definition) is 0. The maximum Gasteiger partial charge on any atom is 0.390 e. The van der Waals surface area contributed by atoms with Crippen molar-refractivity contribution in [1.29, 1.82) is 0 Å². The summed E-state index contributed by atoms with van der Waals surface area (Å²) in [6, 6.07) is 7.80. The number of fused-ring (bicyclic) bond motifs is 3. The van der Waals surface area contributed by atoms with E-state index < -0.39 is 12.6 Å². The fourth-order valence-corrected chi connectivity index (χ4v) is 4.26. The molecule has 1 aliphatic rings. The van der Waals surface area contributed by atoms with Crippen molar-refractivity contribution < 1.29 is 13.2 Å². The Bertz CT molecular complexity index is 916. The van der Waals surface area contributed by atoms with Gasteiger partial charge in [-0.25, -0.2) is 4.98 Å². The summed E-state index contributed by atoms with van der Waals surface area (Å²) in [7, 11) is 0. The van der Waals surface area contributed by atoms with Crippen molar-refractivity contribution in [3.05, 3.63) is 40.5 Å². The number of nitrogens with zero attached hydrogens (tertiary/aromatic N) is 3. The molecule has 4 rings (SSSR count). The minimum Gasteiger partial charge on any atom is -0.322 e. The maximum absolute atomic E-state index is 12.5. The van der Waals surface area contributed by atoms with Gasteiger partial charge in [0.2, 0.25) is 0 Å². The van der Waals surface area contributed by atoms with Crippen LogP contribution in [0.4, 0.5) is 13.2 Å². The van der Waals surface area contributed by atoms with Crippen LogP contribution in [-0.4, -0.2) is 40.3 Å². The van der Waals surface area contributed by atoms with E-state index in [2.05, 4.69) is 9.55 Å². The van der Waals surface area contributed by atoms with E-state index in [1.165, 1.54) is 0 Å². The molecule has 1 aliphatic heterocycles. The van der Waals surface area contributed by atoms with E-state index in [1.807, 2.05) is 29.2 Å². The molecule has 0 bridgehead atoms. The van der Waals surface area contributed by atoms with E-state index in [-0.39, 0.29) is 12.6 Å². The van der Waals surface area contributed by atoms with Crippen LogP contribution in [0.5, 0.6) is 0 Å². The molecule has 2 aromatic heterocycles. The molecule has 0 atom stereocenters. The zero-order chi connectivity index (χ0) is 19.2. The van der Waals surface area contributed by atoms with E-state index in [0.29, 0.717) is 23.1 Å². The van der Waals surface area contributed by atoms with Gasteiger partial charge in [0.15, 0.2) is 0 Å². The van der Waals surface area contributed by atoms with Crippen molar-refractivity contribution in [2.45, 2.75) is 31.5 Å². The predicted molar refractivity (Wildman–Crippen MR) is 103 cm³/mol. The lowest BCUT2D eigenvalue weighted by atomic mass is 10.0. The van der Waals surface area contributed by atoms with Crippen LogP contribution in [0.3, 0.4) is 0 Å². The average Bonchev–Trinajstić information content (AvgIpc) is 2.93. The number of hydrogen-bond acceptors (Lipinski definition) is 2. The summed E-state index contributed by atoms with van der Waals surface area (Å²) in [5, 5.41) is 3.14. The topological polar surface area (TPSA) is 21.1 Å². The third-order valence-electron chi connectivity index (χ3n) is 5.20. The van der Waals surface area contributed by atoms with Crippen LogP contribution in [0.2, 0.25) is 10.0 Å². The molecule has 1 saturated heterocycles. The second kappa shape index (κ2) is 7.15. The lowest BCUT2D eigenvalue weighted by Gasteiger charge is -2.33. The Morgan fingerprint density at radius 1 is 1.04 bits per heavy atom. The van der Waals surface area contributed by atoms with Crippen LogP contribution >= 0.6 is 23.2 Å². The molecule has 1 fully saturated rings. The summed E-state index contributed by atoms with van der Waals surface area (Å²) < 4.78 is 39.6. The third kappa shape index (κ3) is 3.89. The molecule has 3 nitrogen and oxygen atoms in total. The van der Waals surface area contributed by atoms with Gasteiger partial charge in [-0.15, -0.1) is 0 Å². The third-order valence-corrected chi connectivity index (χ3v) is 5.65. The largest absolute Gasteiger partial charge is 0.390 e. The summed E-state index contributed by atoms with van der Waals surface area (Å²) in [5.41, 5.74) is 1.86. The summed E-state index contributed by atoms with van der Waals surface area (Å²) in [5.74, 6) is 0. The van der Waals surface area contributed by atoms with Crippen LogP contribution in [0.15, 0.2) is 30.5 Å². The molecule has 8 heteroatoms. The van der Waals surface area contributed by atoms with Crippen molar-refractivity contribution in [3.63, 3.8) is 0 Å². The molecular formula is C19H18Cl2F3N3. The number of aromatic nitrogens is 2. The first-order valence-corrected chi connectivity index (χ1v) is 9.61. The monoisotopic (exact) mass is 415 g/mol. The molecule has 0 amide bonds. The molecule has 3 heterocycles. The van der Waals surface area contributed by atoms with Gasteiger partial charge in [-0.3, -0.25) is 0 Å². The van der Waals surface area contributed by atoms with Gasteiger partial charge in [-0.05, 0) is 37.1 Å². The smallest absolute Gasteiger partial charge is 0.322 e. The van der Waals surface area contributed by atoms with Gasteiger partial charge in [-0.2, -0.15) is 13.2 Å². The molecule has 144 valence electrons. The second-order valence-electron chi connectivity index (χ2n) is 6.99. The van der Waals surface area contributed by atoms with E-state index in [4.69, 9.17) is 23.2 Å². The number of alkyl halides is 3. The van der Waals surface area contributed by atoms with Gasteiger partial charge in [0.1, 0.15) is 5.65 Å². The van der Waals surface area contributed by atoms with Gasteiger partial charge in [0.25, 0.3) is 0 Å². The normalized spacial score (nSPS) is 17.2. The van der Waals surface area contributed by atoms with E-state index in [1.54, 1.807) is 6.20 Å². The Morgan fingerprint density at radius 3 is 2.44 bits per heavy atom. The highest BCUT2D eigenvalue weighted by atomic mass is 35.5. The first-order valence-electron chi connectivity index (χ1n) is 8.85. The number of piperidine rings is 1. The standard InChI is InChI=1S/C19H18Cl2F3N3/c20-12-1-2-17-15(9-12)16-10-13(21)11-25-18(16)27(17)14-3-6-26(7-4-14)8-5-19(22,23)24/h1-2,9-11,14H,3-8H2. The minimum absolute atomic E-state index is 0.0624. The first-order chi connectivity index (χ1) is 12.8. The van der Waals surface area contributed by atoms with Crippen molar-refractivity contribution in [2.75, 3.05) is 19.6 Å². The fourth-order valence-electron chi connectivity index (χ4n) is 3.93. The Morgan fingerprint density at radius 2 is 1.74 bits per heavy atom. The molecule has 0 spiro atoms. The predicted octanol–water partition coefficient (Wildman–Crippen LogP) is 6.09. The minimum atomic E-state index is -4.11. The van der Waals surface area contributed by atoms with Crippen LogP contribution in [0.25, 0.3) is 21.9 Å². The van der Waals surface area contributed by atoms with Crippen molar-refractivity contribution >= 4 is 45.1 Å². The average molecular weight is 416 g/mol. The number of benzene rings is 1. The molecular weight excluding hydrogens is 398 g/mol. The van der Waals surface area contributed by atoms with Crippen molar-refractivity contribution in [3.8, 4) is 0 Å². The van der Waals surface area contributed by atoms with Gasteiger partial charge in [0.05, 0.1) is 17.0 Å². The molecule has 0 unspecified atom stereocenters. The van der Waals surface area contributed by atoms with Gasteiger partial charge in [0, 0.05) is 47.7 Å². The number of pyridine rings is 1.